The lowest BCUT2D eigenvalue weighted by molar-refractivity contribution is 0.0803. The van der Waals surface area contributed by atoms with Crippen LogP contribution in [0.1, 0.15) is 13.3 Å². The predicted molar refractivity (Wildman–Crippen MR) is 50.9 cm³/mol. The predicted octanol–water partition coefficient (Wildman–Crippen LogP) is 1.16. The summed E-state index contributed by atoms with van der Waals surface area (Å²) in [5.41, 5.74) is 1.58. The van der Waals surface area contributed by atoms with E-state index in [1.165, 1.54) is 19.5 Å². The lowest BCUT2D eigenvalue weighted by Gasteiger charge is -2.36. The standard InChI is InChI=1S/C10H18N2/c1-9-3-4-12-7-10(5-9)6-11(2)8-12/h3,10H,4-8H2,1-2H3. The quantitative estimate of drug-likeness (QED) is 0.498. The molecule has 0 aromatic rings. The molecule has 0 radical (unpaired) electrons. The van der Waals surface area contributed by atoms with Gasteiger partial charge in [-0.1, -0.05) is 11.6 Å². The maximum absolute atomic E-state index is 2.53. The van der Waals surface area contributed by atoms with Crippen LogP contribution in [0.25, 0.3) is 0 Å². The van der Waals surface area contributed by atoms with E-state index in [1.807, 2.05) is 0 Å². The molecule has 2 aliphatic rings. The van der Waals surface area contributed by atoms with Crippen LogP contribution in [0.4, 0.5) is 0 Å². The fourth-order valence-electron chi connectivity index (χ4n) is 2.41. The van der Waals surface area contributed by atoms with Gasteiger partial charge in [0.25, 0.3) is 0 Å². The third kappa shape index (κ3) is 1.70. The van der Waals surface area contributed by atoms with Gasteiger partial charge in [-0.05, 0) is 26.3 Å². The van der Waals surface area contributed by atoms with Gasteiger partial charge >= 0.3 is 0 Å². The zero-order valence-electron chi connectivity index (χ0n) is 8.08. The maximum atomic E-state index is 2.53. The van der Waals surface area contributed by atoms with Crippen molar-refractivity contribution in [3.05, 3.63) is 11.6 Å². The van der Waals surface area contributed by atoms with E-state index in [0.29, 0.717) is 0 Å². The van der Waals surface area contributed by atoms with Gasteiger partial charge in [-0.15, -0.1) is 0 Å². The Morgan fingerprint density at radius 3 is 3.08 bits per heavy atom. The van der Waals surface area contributed by atoms with Crippen LogP contribution in [0.15, 0.2) is 11.6 Å². The Kier molecular flexibility index (Phi) is 2.20. The Hall–Kier alpha value is -0.340. The van der Waals surface area contributed by atoms with Gasteiger partial charge in [-0.2, -0.15) is 0 Å². The topological polar surface area (TPSA) is 6.48 Å². The van der Waals surface area contributed by atoms with Crippen molar-refractivity contribution in [1.29, 1.82) is 0 Å². The molecule has 0 amide bonds. The van der Waals surface area contributed by atoms with E-state index in [2.05, 4.69) is 29.8 Å². The van der Waals surface area contributed by atoms with Crippen LogP contribution in [-0.4, -0.2) is 43.2 Å². The van der Waals surface area contributed by atoms with Crippen LogP contribution < -0.4 is 0 Å². The van der Waals surface area contributed by atoms with Gasteiger partial charge in [0.1, 0.15) is 0 Å². The molecule has 0 aromatic heterocycles. The highest BCUT2D eigenvalue weighted by Crippen LogP contribution is 2.21. The number of hydrogen-bond donors (Lipinski definition) is 0. The summed E-state index contributed by atoms with van der Waals surface area (Å²) in [6.45, 7) is 7.16. The molecule has 0 saturated carbocycles. The lowest BCUT2D eigenvalue weighted by Crippen LogP contribution is -2.46. The Labute approximate surface area is 74.8 Å². The molecule has 12 heavy (non-hydrogen) atoms. The first kappa shape index (κ1) is 8.27. The van der Waals surface area contributed by atoms with Crippen LogP contribution in [-0.2, 0) is 0 Å². The molecule has 1 saturated heterocycles. The third-order valence-corrected chi connectivity index (χ3v) is 2.84. The zero-order valence-corrected chi connectivity index (χ0v) is 8.08. The second kappa shape index (κ2) is 3.19. The van der Waals surface area contributed by atoms with Crippen LogP contribution in [0.2, 0.25) is 0 Å². The molecule has 2 bridgehead atoms. The number of rotatable bonds is 0. The smallest absolute Gasteiger partial charge is 0.0506 e. The second-order valence-electron chi connectivity index (χ2n) is 4.34. The number of fused-ring (bicyclic) bond motifs is 2. The summed E-state index contributed by atoms with van der Waals surface area (Å²) in [6, 6.07) is 0. The van der Waals surface area contributed by atoms with Gasteiger partial charge in [0.2, 0.25) is 0 Å². The molecule has 2 rings (SSSR count). The van der Waals surface area contributed by atoms with Crippen LogP contribution in [0.5, 0.6) is 0 Å². The van der Waals surface area contributed by atoms with Crippen LogP contribution in [0.3, 0.4) is 0 Å². The summed E-state index contributed by atoms with van der Waals surface area (Å²) in [4.78, 5) is 4.96. The van der Waals surface area contributed by atoms with Crippen molar-refractivity contribution in [2.24, 2.45) is 5.92 Å². The molecule has 68 valence electrons. The summed E-state index contributed by atoms with van der Waals surface area (Å²) in [6.07, 6.45) is 3.69. The molecular weight excluding hydrogens is 148 g/mol. The SMILES string of the molecule is CC1=CCN2CC(C1)CN(C)C2. The molecule has 2 atom stereocenters. The molecule has 2 unspecified atom stereocenters. The van der Waals surface area contributed by atoms with E-state index in [0.717, 1.165) is 19.1 Å². The number of nitrogens with zero attached hydrogens (tertiary/aromatic N) is 2. The van der Waals surface area contributed by atoms with E-state index < -0.39 is 0 Å². The largest absolute Gasteiger partial charge is 0.293 e. The van der Waals surface area contributed by atoms with Gasteiger partial charge in [0.15, 0.2) is 0 Å². The zero-order chi connectivity index (χ0) is 8.55. The summed E-state index contributed by atoms with van der Waals surface area (Å²) in [5, 5.41) is 0. The van der Waals surface area contributed by atoms with E-state index in [9.17, 15) is 0 Å². The molecule has 2 nitrogen and oxygen atoms in total. The van der Waals surface area contributed by atoms with Gasteiger partial charge < -0.3 is 0 Å². The van der Waals surface area contributed by atoms with Crippen LogP contribution in [0, 0.1) is 5.92 Å². The molecule has 2 aliphatic heterocycles. The van der Waals surface area contributed by atoms with Gasteiger partial charge in [0, 0.05) is 19.6 Å². The van der Waals surface area contributed by atoms with Gasteiger partial charge in [-0.3, -0.25) is 9.80 Å². The molecule has 0 spiro atoms. The Morgan fingerprint density at radius 1 is 1.42 bits per heavy atom. The Morgan fingerprint density at radius 2 is 2.25 bits per heavy atom. The average molecular weight is 166 g/mol. The number of allylic oxidation sites excluding steroid dienone is 1. The molecule has 0 aliphatic carbocycles. The molecule has 2 heterocycles. The second-order valence-corrected chi connectivity index (χ2v) is 4.34. The third-order valence-electron chi connectivity index (χ3n) is 2.84. The Balaban J connectivity index is 2.08. The van der Waals surface area contributed by atoms with Crippen molar-refractivity contribution in [2.75, 3.05) is 33.4 Å². The molecular formula is C10H18N2. The summed E-state index contributed by atoms with van der Waals surface area (Å²) in [7, 11) is 2.22. The number of hydrogen-bond acceptors (Lipinski definition) is 2. The summed E-state index contributed by atoms with van der Waals surface area (Å²) in [5.74, 6) is 0.877. The fraction of sp³-hybridized carbons (Fsp3) is 0.800. The minimum atomic E-state index is 0.877. The minimum Gasteiger partial charge on any atom is -0.293 e. The lowest BCUT2D eigenvalue weighted by atomic mass is 9.99. The molecule has 0 N–H and O–H groups in total. The minimum absolute atomic E-state index is 0.877. The normalized spacial score (nSPS) is 37.3. The molecule has 2 heteroatoms. The van der Waals surface area contributed by atoms with E-state index >= 15 is 0 Å². The highest BCUT2D eigenvalue weighted by Gasteiger charge is 2.24. The van der Waals surface area contributed by atoms with Crippen molar-refractivity contribution in [3.63, 3.8) is 0 Å². The maximum Gasteiger partial charge on any atom is 0.0506 e. The van der Waals surface area contributed by atoms with Crippen LogP contribution >= 0.6 is 0 Å². The first-order valence-electron chi connectivity index (χ1n) is 4.80. The van der Waals surface area contributed by atoms with E-state index in [-0.39, 0.29) is 0 Å². The van der Waals surface area contributed by atoms with E-state index in [1.54, 1.807) is 5.57 Å². The van der Waals surface area contributed by atoms with Crippen molar-refractivity contribution in [1.82, 2.24) is 9.80 Å². The molecule has 0 aromatic carbocycles. The van der Waals surface area contributed by atoms with Crippen molar-refractivity contribution >= 4 is 0 Å². The first-order chi connectivity index (χ1) is 5.74. The summed E-state index contributed by atoms with van der Waals surface area (Å²) >= 11 is 0. The highest BCUT2D eigenvalue weighted by atomic mass is 15.3. The average Bonchev–Trinajstić information content (AvgIpc) is 2.10. The molecule has 1 fully saturated rings. The van der Waals surface area contributed by atoms with Crippen molar-refractivity contribution in [3.8, 4) is 0 Å². The van der Waals surface area contributed by atoms with E-state index in [4.69, 9.17) is 0 Å². The highest BCUT2D eigenvalue weighted by molar-refractivity contribution is 5.04. The monoisotopic (exact) mass is 166 g/mol. The Bertz CT molecular complexity index is 198. The fourth-order valence-corrected chi connectivity index (χ4v) is 2.41. The van der Waals surface area contributed by atoms with Crippen molar-refractivity contribution in [2.45, 2.75) is 13.3 Å². The summed E-state index contributed by atoms with van der Waals surface area (Å²) < 4.78 is 0. The van der Waals surface area contributed by atoms with Gasteiger partial charge in [0.05, 0.1) is 6.67 Å². The van der Waals surface area contributed by atoms with Crippen molar-refractivity contribution < 1.29 is 0 Å². The first-order valence-corrected chi connectivity index (χ1v) is 4.80. The van der Waals surface area contributed by atoms with Gasteiger partial charge in [-0.25, -0.2) is 0 Å².